The first-order valence-electron chi connectivity index (χ1n) is 20.2. The highest BCUT2D eigenvalue weighted by Gasteiger charge is 2.21. The van der Waals surface area contributed by atoms with Crippen molar-refractivity contribution in [3.63, 3.8) is 0 Å². The van der Waals surface area contributed by atoms with E-state index in [0.717, 1.165) is 0 Å². The molecule has 0 atom stereocenters. The van der Waals surface area contributed by atoms with Gasteiger partial charge < -0.3 is 0 Å². The fourth-order valence-corrected chi connectivity index (χ4v) is 9.74. The predicted molar refractivity (Wildman–Crippen MR) is 251 cm³/mol. The molecule has 0 heterocycles. The highest BCUT2D eigenvalue weighted by Crippen LogP contribution is 2.48. The van der Waals surface area contributed by atoms with E-state index in [2.05, 4.69) is 218 Å². The minimum Gasteiger partial charge on any atom is -0.0616 e. The third-order valence-corrected chi connectivity index (χ3v) is 12.4. The zero-order valence-corrected chi connectivity index (χ0v) is 31.8. The molecule has 0 radical (unpaired) electrons. The zero-order valence-electron chi connectivity index (χ0n) is 31.8. The maximum Gasteiger partial charge on any atom is -0.00259 e. The summed E-state index contributed by atoms with van der Waals surface area (Å²) < 4.78 is 0. The van der Waals surface area contributed by atoms with Crippen molar-refractivity contribution in [1.29, 1.82) is 0 Å². The van der Waals surface area contributed by atoms with Gasteiger partial charge in [0.15, 0.2) is 0 Å². The molecule has 0 aliphatic rings. The van der Waals surface area contributed by atoms with Crippen molar-refractivity contribution >= 4 is 75.4 Å². The van der Waals surface area contributed by atoms with Gasteiger partial charge in [-0.15, -0.1) is 0 Å². The van der Waals surface area contributed by atoms with E-state index < -0.39 is 0 Å². The summed E-state index contributed by atoms with van der Waals surface area (Å²) in [5.41, 5.74) is 9.99. The number of hydrogen-bond donors (Lipinski definition) is 0. The minimum atomic E-state index is 1.21. The third-order valence-electron chi connectivity index (χ3n) is 12.4. The van der Waals surface area contributed by atoms with Gasteiger partial charge in [-0.1, -0.05) is 194 Å². The first kappa shape index (κ1) is 32.7. The van der Waals surface area contributed by atoms with Crippen molar-refractivity contribution in [3.05, 3.63) is 218 Å². The SMILES string of the molecule is c1ccc2cc(-c3c4ccccc4c(-c4ccc5c(-c6ccc7ccccc7c6)c6ccccc6c(-c6ccc7ccccc7c6)c5c4)c4ccccc34)ccc2c1. The average Bonchev–Trinajstić information content (AvgIpc) is 3.29. The van der Waals surface area contributed by atoms with Gasteiger partial charge in [0.2, 0.25) is 0 Å². The average molecular weight is 733 g/mol. The van der Waals surface area contributed by atoms with Gasteiger partial charge in [-0.2, -0.15) is 0 Å². The first-order chi connectivity index (χ1) is 28.8. The van der Waals surface area contributed by atoms with E-state index in [-0.39, 0.29) is 0 Å². The van der Waals surface area contributed by atoms with Gasteiger partial charge in [-0.3, -0.25) is 0 Å². The largest absolute Gasteiger partial charge is 0.0616 e. The minimum absolute atomic E-state index is 1.21. The Morgan fingerprint density at radius 3 is 0.741 bits per heavy atom. The monoisotopic (exact) mass is 732 g/mol. The van der Waals surface area contributed by atoms with Crippen molar-refractivity contribution in [1.82, 2.24) is 0 Å². The Hall–Kier alpha value is -7.54. The first-order valence-corrected chi connectivity index (χ1v) is 20.2. The lowest BCUT2D eigenvalue weighted by atomic mass is 9.82. The van der Waals surface area contributed by atoms with Gasteiger partial charge in [0.25, 0.3) is 0 Å². The van der Waals surface area contributed by atoms with E-state index in [1.165, 1.54) is 120 Å². The van der Waals surface area contributed by atoms with Gasteiger partial charge in [0, 0.05) is 0 Å². The molecule has 0 aliphatic carbocycles. The summed E-state index contributed by atoms with van der Waals surface area (Å²) in [6.07, 6.45) is 0. The van der Waals surface area contributed by atoms with Crippen molar-refractivity contribution in [2.45, 2.75) is 0 Å². The molecule has 0 nitrogen and oxygen atoms in total. The standard InChI is InChI=1S/C58H36/c1-4-16-40-33-43(28-25-37(40)13-1)55-47-19-7-9-21-49(47)57(50-22-10-8-20-48(50)55)46-31-32-53-54(36-46)58(45-30-27-39-15-3-6-18-42(39)35-45)52-24-12-11-23-51(52)56(53)44-29-26-38-14-2-5-17-41(38)34-44/h1-36H. The quantitative estimate of drug-likeness (QED) is 0.158. The molecular formula is C58H36. The van der Waals surface area contributed by atoms with E-state index in [4.69, 9.17) is 0 Å². The lowest BCUT2D eigenvalue weighted by Crippen LogP contribution is -1.94. The maximum absolute atomic E-state index is 2.49. The van der Waals surface area contributed by atoms with Crippen LogP contribution in [0.4, 0.5) is 0 Å². The van der Waals surface area contributed by atoms with E-state index in [0.29, 0.717) is 0 Å². The molecule has 0 fully saturated rings. The fraction of sp³-hybridized carbons (Fsp3) is 0. The van der Waals surface area contributed by atoms with Crippen LogP contribution in [-0.2, 0) is 0 Å². The second-order valence-corrected chi connectivity index (χ2v) is 15.6. The topological polar surface area (TPSA) is 0 Å². The molecule has 0 saturated carbocycles. The van der Waals surface area contributed by atoms with E-state index in [9.17, 15) is 0 Å². The lowest BCUT2D eigenvalue weighted by Gasteiger charge is -2.21. The van der Waals surface area contributed by atoms with Crippen molar-refractivity contribution < 1.29 is 0 Å². The van der Waals surface area contributed by atoms with Crippen LogP contribution in [0.25, 0.3) is 120 Å². The second-order valence-electron chi connectivity index (χ2n) is 15.6. The van der Waals surface area contributed by atoms with Gasteiger partial charge in [-0.25, -0.2) is 0 Å². The highest BCUT2D eigenvalue weighted by molar-refractivity contribution is 6.25. The van der Waals surface area contributed by atoms with Crippen LogP contribution in [0.2, 0.25) is 0 Å². The van der Waals surface area contributed by atoms with Crippen LogP contribution in [0.5, 0.6) is 0 Å². The highest BCUT2D eigenvalue weighted by atomic mass is 14.2. The molecule has 0 aliphatic heterocycles. The molecule has 0 spiro atoms. The van der Waals surface area contributed by atoms with Crippen LogP contribution >= 0.6 is 0 Å². The zero-order chi connectivity index (χ0) is 38.2. The Bertz CT molecular complexity index is 3570. The Morgan fingerprint density at radius 1 is 0.155 bits per heavy atom. The summed E-state index contributed by atoms with van der Waals surface area (Å²) in [7, 11) is 0. The molecule has 12 rings (SSSR count). The van der Waals surface area contributed by atoms with Gasteiger partial charge in [0.05, 0.1) is 0 Å². The molecule has 0 saturated heterocycles. The van der Waals surface area contributed by atoms with Gasteiger partial charge in [-0.05, 0) is 144 Å². The third kappa shape index (κ3) is 5.09. The summed E-state index contributed by atoms with van der Waals surface area (Å²) in [4.78, 5) is 0. The molecule has 0 unspecified atom stereocenters. The molecule has 0 amide bonds. The Labute approximate surface area is 336 Å². The summed E-state index contributed by atoms with van der Waals surface area (Å²) in [6.45, 7) is 0. The molecule has 0 N–H and O–H groups in total. The van der Waals surface area contributed by atoms with Crippen LogP contribution in [0.15, 0.2) is 218 Å². The van der Waals surface area contributed by atoms with Gasteiger partial charge >= 0.3 is 0 Å². The summed E-state index contributed by atoms with van der Waals surface area (Å²) >= 11 is 0. The molecule has 0 heteroatoms. The van der Waals surface area contributed by atoms with E-state index in [1.54, 1.807) is 0 Å². The number of rotatable bonds is 4. The van der Waals surface area contributed by atoms with Crippen molar-refractivity contribution in [2.75, 3.05) is 0 Å². The maximum atomic E-state index is 2.49. The molecule has 268 valence electrons. The normalized spacial score (nSPS) is 11.8. The van der Waals surface area contributed by atoms with Crippen LogP contribution in [0, 0.1) is 0 Å². The van der Waals surface area contributed by atoms with Gasteiger partial charge in [0.1, 0.15) is 0 Å². The number of benzene rings is 12. The van der Waals surface area contributed by atoms with Crippen LogP contribution in [0.3, 0.4) is 0 Å². The summed E-state index contributed by atoms with van der Waals surface area (Å²) in [5.74, 6) is 0. The smallest absolute Gasteiger partial charge is 0.00259 e. The van der Waals surface area contributed by atoms with Crippen molar-refractivity contribution in [2.24, 2.45) is 0 Å². The summed E-state index contributed by atoms with van der Waals surface area (Å²) in [6, 6.07) is 81.1. The Kier molecular flexibility index (Phi) is 7.33. The second kappa shape index (κ2) is 13.0. The van der Waals surface area contributed by atoms with Crippen LogP contribution < -0.4 is 0 Å². The molecule has 12 aromatic carbocycles. The Balaban J connectivity index is 1.19. The number of fused-ring (bicyclic) bond motifs is 7. The molecular weight excluding hydrogens is 697 g/mol. The van der Waals surface area contributed by atoms with Crippen molar-refractivity contribution in [3.8, 4) is 44.5 Å². The Morgan fingerprint density at radius 2 is 0.397 bits per heavy atom. The van der Waals surface area contributed by atoms with E-state index >= 15 is 0 Å². The van der Waals surface area contributed by atoms with E-state index in [1.807, 2.05) is 0 Å². The lowest BCUT2D eigenvalue weighted by molar-refractivity contribution is 1.66. The molecule has 58 heavy (non-hydrogen) atoms. The fourth-order valence-electron chi connectivity index (χ4n) is 9.74. The van der Waals surface area contributed by atoms with Crippen LogP contribution in [0.1, 0.15) is 0 Å². The summed E-state index contributed by atoms with van der Waals surface area (Å²) in [5, 5.41) is 17.6. The number of hydrogen-bond acceptors (Lipinski definition) is 0. The van der Waals surface area contributed by atoms with Crippen LogP contribution in [-0.4, -0.2) is 0 Å². The molecule has 0 bridgehead atoms. The molecule has 0 aromatic heterocycles. The predicted octanol–water partition coefficient (Wildman–Crippen LogP) is 16.4. The molecule has 12 aromatic rings.